The van der Waals surface area contributed by atoms with Crippen LogP contribution in [0.25, 0.3) is 0 Å². The maximum Gasteiger partial charge on any atom is 0.150 e. The van der Waals surface area contributed by atoms with Gasteiger partial charge in [0.15, 0.2) is 9.84 Å². The molecular weight excluding hydrogens is 212 g/mol. The third kappa shape index (κ3) is 3.93. The monoisotopic (exact) mass is 232 g/mol. The maximum atomic E-state index is 11.3. The Kier molecular flexibility index (Phi) is 4.76. The molecule has 3 N–H and O–H groups in total. The maximum absolute atomic E-state index is 11.3. The summed E-state index contributed by atoms with van der Waals surface area (Å²) < 4.78 is 22.6. The molecule has 2 unspecified atom stereocenters. The molecule has 0 aliphatic carbocycles. The standard InChI is InChI=1S/C10H20N2O2S/c1-2-3-4-5-10(12-11)9-6-7-15(13,14)8-9/h2,9-10,12H,1,3-8,11H2. The van der Waals surface area contributed by atoms with Crippen LogP contribution in [0.5, 0.6) is 0 Å². The average Bonchev–Trinajstić information content (AvgIpc) is 2.54. The van der Waals surface area contributed by atoms with Crippen LogP contribution in [-0.2, 0) is 9.84 Å². The molecule has 0 aromatic rings. The van der Waals surface area contributed by atoms with Crippen molar-refractivity contribution in [3.05, 3.63) is 12.7 Å². The molecule has 1 aliphatic heterocycles. The van der Waals surface area contributed by atoms with Crippen molar-refractivity contribution in [1.82, 2.24) is 5.43 Å². The fraction of sp³-hybridized carbons (Fsp3) is 0.800. The molecule has 0 spiro atoms. The van der Waals surface area contributed by atoms with Crippen molar-refractivity contribution in [2.75, 3.05) is 11.5 Å². The smallest absolute Gasteiger partial charge is 0.150 e. The molecule has 15 heavy (non-hydrogen) atoms. The van der Waals surface area contributed by atoms with Gasteiger partial charge in [0.05, 0.1) is 11.5 Å². The van der Waals surface area contributed by atoms with E-state index in [9.17, 15) is 8.42 Å². The Bertz CT molecular complexity index is 301. The van der Waals surface area contributed by atoms with E-state index in [0.717, 1.165) is 25.7 Å². The number of unbranched alkanes of at least 4 members (excludes halogenated alkanes) is 1. The highest BCUT2D eigenvalue weighted by molar-refractivity contribution is 7.91. The van der Waals surface area contributed by atoms with E-state index in [1.165, 1.54) is 0 Å². The summed E-state index contributed by atoms with van der Waals surface area (Å²) in [4.78, 5) is 0. The van der Waals surface area contributed by atoms with Gasteiger partial charge in [0.25, 0.3) is 0 Å². The van der Waals surface area contributed by atoms with Crippen LogP contribution in [-0.4, -0.2) is 26.0 Å². The van der Waals surface area contributed by atoms with E-state index >= 15 is 0 Å². The highest BCUT2D eigenvalue weighted by Crippen LogP contribution is 2.24. The number of sulfone groups is 1. The van der Waals surface area contributed by atoms with Crippen LogP contribution >= 0.6 is 0 Å². The Labute approximate surface area is 91.8 Å². The zero-order valence-corrected chi connectivity index (χ0v) is 9.80. The van der Waals surface area contributed by atoms with Crippen molar-refractivity contribution in [1.29, 1.82) is 0 Å². The number of hydrogen-bond acceptors (Lipinski definition) is 4. The molecule has 2 atom stereocenters. The van der Waals surface area contributed by atoms with Crippen molar-refractivity contribution < 1.29 is 8.42 Å². The number of nitrogens with two attached hydrogens (primary N) is 1. The van der Waals surface area contributed by atoms with E-state index in [0.29, 0.717) is 5.75 Å². The molecule has 1 saturated heterocycles. The largest absolute Gasteiger partial charge is 0.271 e. The zero-order chi connectivity index (χ0) is 11.3. The van der Waals surface area contributed by atoms with Gasteiger partial charge in [-0.15, -0.1) is 6.58 Å². The minimum atomic E-state index is -2.80. The van der Waals surface area contributed by atoms with Gasteiger partial charge in [0.1, 0.15) is 0 Å². The third-order valence-electron chi connectivity index (χ3n) is 2.97. The van der Waals surface area contributed by atoms with E-state index in [-0.39, 0.29) is 17.7 Å². The zero-order valence-electron chi connectivity index (χ0n) is 8.98. The SMILES string of the molecule is C=CCCCC(NN)C1CCS(=O)(=O)C1. The Balaban J connectivity index is 2.42. The molecule has 5 heteroatoms. The summed E-state index contributed by atoms with van der Waals surface area (Å²) in [5, 5.41) is 0. The number of allylic oxidation sites excluding steroid dienone is 1. The first-order valence-corrected chi connectivity index (χ1v) is 7.18. The fourth-order valence-electron chi connectivity index (χ4n) is 2.08. The molecule has 1 fully saturated rings. The molecule has 0 aromatic heterocycles. The number of nitrogens with one attached hydrogen (secondary N) is 1. The normalized spacial score (nSPS) is 26.3. The van der Waals surface area contributed by atoms with Gasteiger partial charge in [0, 0.05) is 6.04 Å². The summed E-state index contributed by atoms with van der Waals surface area (Å²) in [5.41, 5.74) is 2.74. The van der Waals surface area contributed by atoms with E-state index < -0.39 is 9.84 Å². The van der Waals surface area contributed by atoms with E-state index in [2.05, 4.69) is 12.0 Å². The average molecular weight is 232 g/mol. The molecular formula is C10H20N2O2S. The highest BCUT2D eigenvalue weighted by atomic mass is 32.2. The van der Waals surface area contributed by atoms with Crippen LogP contribution in [0, 0.1) is 5.92 Å². The predicted molar refractivity (Wildman–Crippen MR) is 61.9 cm³/mol. The van der Waals surface area contributed by atoms with Gasteiger partial charge in [-0.3, -0.25) is 11.3 Å². The van der Waals surface area contributed by atoms with Crippen LogP contribution in [0.1, 0.15) is 25.7 Å². The van der Waals surface area contributed by atoms with E-state index in [4.69, 9.17) is 5.84 Å². The second kappa shape index (κ2) is 5.63. The van der Waals surface area contributed by atoms with Crippen LogP contribution in [0.15, 0.2) is 12.7 Å². The Morgan fingerprint density at radius 3 is 2.80 bits per heavy atom. The lowest BCUT2D eigenvalue weighted by atomic mass is 9.95. The number of hydrogen-bond donors (Lipinski definition) is 2. The first-order valence-electron chi connectivity index (χ1n) is 5.36. The van der Waals surface area contributed by atoms with Crippen LogP contribution in [0.2, 0.25) is 0 Å². The Morgan fingerprint density at radius 1 is 1.60 bits per heavy atom. The molecule has 0 saturated carbocycles. The van der Waals surface area contributed by atoms with Crippen molar-refractivity contribution >= 4 is 9.84 Å². The second-order valence-electron chi connectivity index (χ2n) is 4.16. The Morgan fingerprint density at radius 2 is 2.33 bits per heavy atom. The molecule has 0 aromatic carbocycles. The van der Waals surface area contributed by atoms with Gasteiger partial charge in [-0.25, -0.2) is 8.42 Å². The van der Waals surface area contributed by atoms with Gasteiger partial charge < -0.3 is 0 Å². The van der Waals surface area contributed by atoms with Crippen LogP contribution < -0.4 is 11.3 Å². The van der Waals surface area contributed by atoms with Gasteiger partial charge >= 0.3 is 0 Å². The van der Waals surface area contributed by atoms with Gasteiger partial charge in [0.2, 0.25) is 0 Å². The van der Waals surface area contributed by atoms with E-state index in [1.54, 1.807) is 0 Å². The first kappa shape index (κ1) is 12.7. The minimum Gasteiger partial charge on any atom is -0.271 e. The van der Waals surface area contributed by atoms with Gasteiger partial charge in [-0.1, -0.05) is 6.08 Å². The summed E-state index contributed by atoms with van der Waals surface area (Å²) in [6.45, 7) is 3.66. The molecule has 0 amide bonds. The summed E-state index contributed by atoms with van der Waals surface area (Å²) in [6, 6.07) is 0.127. The van der Waals surface area contributed by atoms with Crippen molar-refractivity contribution in [3.63, 3.8) is 0 Å². The number of rotatable bonds is 6. The lowest BCUT2D eigenvalue weighted by Crippen LogP contribution is -2.41. The van der Waals surface area contributed by atoms with Crippen molar-refractivity contribution in [2.45, 2.75) is 31.7 Å². The first-order chi connectivity index (χ1) is 7.09. The minimum absolute atomic E-state index is 0.127. The van der Waals surface area contributed by atoms with Crippen molar-refractivity contribution in [3.8, 4) is 0 Å². The molecule has 1 heterocycles. The topological polar surface area (TPSA) is 72.2 Å². The lowest BCUT2D eigenvalue weighted by Gasteiger charge is -2.21. The summed E-state index contributed by atoms with van der Waals surface area (Å²) in [5.74, 6) is 6.24. The quantitative estimate of drug-likeness (QED) is 0.304. The summed E-state index contributed by atoms with van der Waals surface area (Å²) >= 11 is 0. The molecule has 0 radical (unpaired) electrons. The number of hydrazine groups is 1. The van der Waals surface area contributed by atoms with Crippen LogP contribution in [0.4, 0.5) is 0 Å². The van der Waals surface area contributed by atoms with Gasteiger partial charge in [-0.2, -0.15) is 0 Å². The lowest BCUT2D eigenvalue weighted by molar-refractivity contribution is 0.360. The predicted octanol–water partition coefficient (Wildman–Crippen LogP) is 0.609. The molecule has 4 nitrogen and oxygen atoms in total. The fourth-order valence-corrected chi connectivity index (χ4v) is 3.96. The second-order valence-corrected chi connectivity index (χ2v) is 6.38. The summed E-state index contributed by atoms with van der Waals surface area (Å²) in [7, 11) is -2.80. The van der Waals surface area contributed by atoms with Crippen molar-refractivity contribution in [2.24, 2.45) is 11.8 Å². The molecule has 1 aliphatic rings. The molecule has 88 valence electrons. The Hall–Kier alpha value is -0.390. The van der Waals surface area contributed by atoms with Crippen LogP contribution in [0.3, 0.4) is 0 Å². The van der Waals surface area contributed by atoms with E-state index in [1.807, 2.05) is 6.08 Å². The third-order valence-corrected chi connectivity index (χ3v) is 4.77. The highest BCUT2D eigenvalue weighted by Gasteiger charge is 2.32. The summed E-state index contributed by atoms with van der Waals surface area (Å²) in [6.07, 6.45) is 5.50. The molecule has 1 rings (SSSR count). The molecule has 0 bridgehead atoms. The van der Waals surface area contributed by atoms with Gasteiger partial charge in [-0.05, 0) is 31.6 Å².